The molecule has 0 radical (unpaired) electrons. The fourth-order valence-corrected chi connectivity index (χ4v) is 0.949. The Hall–Kier alpha value is -0.570. The van der Waals surface area contributed by atoms with Crippen LogP contribution in [0.5, 0.6) is 0 Å². The lowest BCUT2D eigenvalue weighted by Gasteiger charge is -2.21. The molecular formula is C10H22N2O. The van der Waals surface area contributed by atoms with E-state index in [0.29, 0.717) is 6.42 Å². The number of nitrogens with one attached hydrogen (secondary N) is 2. The van der Waals surface area contributed by atoms with Crippen molar-refractivity contribution in [2.75, 3.05) is 20.1 Å². The quantitative estimate of drug-likeness (QED) is 0.611. The van der Waals surface area contributed by atoms with E-state index in [9.17, 15) is 4.79 Å². The van der Waals surface area contributed by atoms with Crippen LogP contribution in [0.15, 0.2) is 0 Å². The molecule has 0 bridgehead atoms. The van der Waals surface area contributed by atoms with Gasteiger partial charge in [-0.05, 0) is 12.5 Å². The van der Waals surface area contributed by atoms with E-state index in [0.717, 1.165) is 19.5 Å². The van der Waals surface area contributed by atoms with E-state index < -0.39 is 0 Å². The number of amides is 1. The third-order valence-electron chi connectivity index (χ3n) is 2.29. The van der Waals surface area contributed by atoms with Crippen LogP contribution in [-0.2, 0) is 4.79 Å². The maximum absolute atomic E-state index is 11.4. The molecule has 1 amide bonds. The highest BCUT2D eigenvalue weighted by molar-refractivity contribution is 5.76. The molecule has 0 aliphatic carbocycles. The second-order valence-corrected chi connectivity index (χ2v) is 4.15. The maximum atomic E-state index is 11.4. The summed E-state index contributed by atoms with van der Waals surface area (Å²) in [5.74, 6) is 0.155. The van der Waals surface area contributed by atoms with Crippen molar-refractivity contribution < 1.29 is 4.79 Å². The van der Waals surface area contributed by atoms with E-state index in [1.165, 1.54) is 0 Å². The summed E-state index contributed by atoms with van der Waals surface area (Å²) in [7, 11) is 1.88. The normalized spacial score (nSPS) is 11.4. The van der Waals surface area contributed by atoms with Gasteiger partial charge >= 0.3 is 0 Å². The number of likely N-dealkylation sites (N-methyl/N-ethyl adjacent to an activating group) is 1. The molecule has 0 atom stereocenters. The Kier molecular flexibility index (Phi) is 5.71. The first-order valence-corrected chi connectivity index (χ1v) is 4.93. The highest BCUT2D eigenvalue weighted by Gasteiger charge is 2.18. The van der Waals surface area contributed by atoms with Crippen LogP contribution in [-0.4, -0.2) is 26.0 Å². The van der Waals surface area contributed by atoms with Crippen molar-refractivity contribution in [3.63, 3.8) is 0 Å². The molecule has 0 aromatic heterocycles. The van der Waals surface area contributed by atoms with Gasteiger partial charge in [0.2, 0.25) is 5.91 Å². The van der Waals surface area contributed by atoms with Gasteiger partial charge in [0.1, 0.15) is 0 Å². The fourth-order valence-electron chi connectivity index (χ4n) is 0.949. The summed E-state index contributed by atoms with van der Waals surface area (Å²) < 4.78 is 0. The van der Waals surface area contributed by atoms with Crippen LogP contribution in [0.4, 0.5) is 0 Å². The molecule has 13 heavy (non-hydrogen) atoms. The fraction of sp³-hybridized carbons (Fsp3) is 0.900. The monoisotopic (exact) mass is 186 g/mol. The Balaban J connectivity index is 3.62. The minimum absolute atomic E-state index is 0.129. The lowest BCUT2D eigenvalue weighted by molar-refractivity contribution is -0.123. The highest BCUT2D eigenvalue weighted by atomic mass is 16.1. The average molecular weight is 186 g/mol. The van der Waals surface area contributed by atoms with Crippen molar-refractivity contribution >= 4 is 5.91 Å². The summed E-state index contributed by atoms with van der Waals surface area (Å²) in [6, 6.07) is 0. The second kappa shape index (κ2) is 5.97. The molecule has 0 fully saturated rings. The largest absolute Gasteiger partial charge is 0.355 e. The first kappa shape index (κ1) is 12.4. The number of hydrogen-bond donors (Lipinski definition) is 2. The minimum atomic E-state index is 0.129. The zero-order valence-electron chi connectivity index (χ0n) is 9.24. The molecular weight excluding hydrogens is 164 g/mol. The highest BCUT2D eigenvalue weighted by Crippen LogP contribution is 2.23. The van der Waals surface area contributed by atoms with Gasteiger partial charge in [0.15, 0.2) is 0 Å². The molecule has 0 aliphatic heterocycles. The molecule has 0 spiro atoms. The number of hydrogen-bond acceptors (Lipinski definition) is 2. The molecule has 3 nitrogen and oxygen atoms in total. The molecule has 0 aromatic carbocycles. The van der Waals surface area contributed by atoms with Crippen molar-refractivity contribution in [2.45, 2.75) is 33.6 Å². The van der Waals surface area contributed by atoms with Crippen LogP contribution < -0.4 is 10.6 Å². The van der Waals surface area contributed by atoms with Crippen molar-refractivity contribution in [1.29, 1.82) is 0 Å². The summed E-state index contributed by atoms with van der Waals surface area (Å²) in [5.41, 5.74) is 0.129. The summed E-state index contributed by atoms with van der Waals surface area (Å²) in [5, 5.41) is 5.86. The van der Waals surface area contributed by atoms with Gasteiger partial charge in [0.25, 0.3) is 0 Å². The van der Waals surface area contributed by atoms with E-state index in [-0.39, 0.29) is 11.3 Å². The Morgan fingerprint density at radius 3 is 2.38 bits per heavy atom. The summed E-state index contributed by atoms with van der Waals surface area (Å²) in [6.45, 7) is 7.89. The van der Waals surface area contributed by atoms with Crippen LogP contribution in [0.1, 0.15) is 33.6 Å². The Bertz CT molecular complexity index is 155. The van der Waals surface area contributed by atoms with Gasteiger partial charge in [-0.2, -0.15) is 0 Å². The van der Waals surface area contributed by atoms with Crippen LogP contribution in [0.2, 0.25) is 0 Å². The van der Waals surface area contributed by atoms with E-state index in [4.69, 9.17) is 0 Å². The third kappa shape index (κ3) is 6.58. The molecule has 0 aromatic rings. The van der Waals surface area contributed by atoms with Gasteiger partial charge in [-0.3, -0.25) is 4.79 Å². The lowest BCUT2D eigenvalue weighted by Crippen LogP contribution is -2.33. The van der Waals surface area contributed by atoms with Gasteiger partial charge in [0, 0.05) is 19.5 Å². The maximum Gasteiger partial charge on any atom is 0.220 e. The van der Waals surface area contributed by atoms with Crippen molar-refractivity contribution in [3.8, 4) is 0 Å². The molecule has 0 saturated heterocycles. The molecule has 0 unspecified atom stereocenters. The van der Waals surface area contributed by atoms with Gasteiger partial charge in [-0.1, -0.05) is 27.2 Å². The standard InChI is InChI=1S/C10H22N2O/c1-5-10(2,3)8-9(13)12-7-6-11-4/h11H,5-8H2,1-4H3,(H,12,13). The molecule has 3 heteroatoms. The van der Waals surface area contributed by atoms with Gasteiger partial charge in [-0.15, -0.1) is 0 Å². The third-order valence-corrected chi connectivity index (χ3v) is 2.29. The first-order chi connectivity index (χ1) is 6.02. The van der Waals surface area contributed by atoms with E-state index in [1.54, 1.807) is 0 Å². The van der Waals surface area contributed by atoms with Crippen LogP contribution in [0.3, 0.4) is 0 Å². The number of carbonyl (C=O) groups excluding carboxylic acids is 1. The van der Waals surface area contributed by atoms with E-state index in [2.05, 4.69) is 31.4 Å². The minimum Gasteiger partial charge on any atom is -0.355 e. The Morgan fingerprint density at radius 2 is 1.92 bits per heavy atom. The average Bonchev–Trinajstić information content (AvgIpc) is 2.04. The smallest absolute Gasteiger partial charge is 0.220 e. The van der Waals surface area contributed by atoms with E-state index >= 15 is 0 Å². The van der Waals surface area contributed by atoms with Crippen molar-refractivity contribution in [3.05, 3.63) is 0 Å². The van der Waals surface area contributed by atoms with Crippen molar-refractivity contribution in [1.82, 2.24) is 10.6 Å². The second-order valence-electron chi connectivity index (χ2n) is 4.15. The Labute approximate surface area is 81.3 Å². The van der Waals surface area contributed by atoms with Crippen LogP contribution >= 0.6 is 0 Å². The summed E-state index contributed by atoms with van der Waals surface area (Å²) >= 11 is 0. The predicted octanol–water partition coefficient (Wildman–Crippen LogP) is 1.15. The van der Waals surface area contributed by atoms with Gasteiger partial charge in [0.05, 0.1) is 0 Å². The first-order valence-electron chi connectivity index (χ1n) is 4.93. The SMILES string of the molecule is CCC(C)(C)CC(=O)NCCNC. The van der Waals surface area contributed by atoms with Gasteiger partial charge in [-0.25, -0.2) is 0 Å². The van der Waals surface area contributed by atoms with Crippen molar-refractivity contribution in [2.24, 2.45) is 5.41 Å². The summed E-state index contributed by atoms with van der Waals surface area (Å²) in [6.07, 6.45) is 1.65. The number of carbonyl (C=O) groups is 1. The van der Waals surface area contributed by atoms with Gasteiger partial charge < -0.3 is 10.6 Å². The molecule has 2 N–H and O–H groups in total. The van der Waals surface area contributed by atoms with Crippen LogP contribution in [0, 0.1) is 5.41 Å². The van der Waals surface area contributed by atoms with E-state index in [1.807, 2.05) is 7.05 Å². The topological polar surface area (TPSA) is 41.1 Å². The summed E-state index contributed by atoms with van der Waals surface area (Å²) in [4.78, 5) is 11.4. The lowest BCUT2D eigenvalue weighted by atomic mass is 9.86. The zero-order chi connectivity index (χ0) is 10.3. The molecule has 0 heterocycles. The predicted molar refractivity (Wildman–Crippen MR) is 55.6 cm³/mol. The number of rotatable bonds is 6. The molecule has 0 rings (SSSR count). The van der Waals surface area contributed by atoms with Crippen LogP contribution in [0.25, 0.3) is 0 Å². The molecule has 78 valence electrons. The Morgan fingerprint density at radius 1 is 1.31 bits per heavy atom. The molecule has 0 saturated carbocycles. The zero-order valence-corrected chi connectivity index (χ0v) is 9.24. The molecule has 0 aliphatic rings.